The molecule has 0 fully saturated rings. The van der Waals surface area contributed by atoms with Crippen molar-refractivity contribution >= 4 is 5.69 Å². The van der Waals surface area contributed by atoms with Gasteiger partial charge in [0.05, 0.1) is 17.7 Å². The Kier molecular flexibility index (Phi) is 4.28. The van der Waals surface area contributed by atoms with Crippen LogP contribution >= 0.6 is 0 Å². The first kappa shape index (κ1) is 14.7. The summed E-state index contributed by atoms with van der Waals surface area (Å²) in [6.45, 7) is 0.834. The Labute approximate surface area is 132 Å². The number of para-hydroxylation sites is 1. The van der Waals surface area contributed by atoms with E-state index >= 15 is 0 Å². The van der Waals surface area contributed by atoms with E-state index in [0.29, 0.717) is 13.2 Å². The lowest BCUT2D eigenvalue weighted by Gasteiger charge is -2.02. The van der Waals surface area contributed by atoms with E-state index in [1.807, 2.05) is 30.3 Å². The lowest BCUT2D eigenvalue weighted by atomic mass is 10.2. The van der Waals surface area contributed by atoms with Gasteiger partial charge in [-0.25, -0.2) is 4.68 Å². The van der Waals surface area contributed by atoms with E-state index in [0.717, 1.165) is 17.0 Å². The van der Waals surface area contributed by atoms with Crippen molar-refractivity contribution in [2.45, 2.75) is 13.2 Å². The van der Waals surface area contributed by atoms with E-state index in [1.165, 1.54) is 12.1 Å². The predicted octanol–water partition coefficient (Wildman–Crippen LogP) is 2.81. The fraction of sp³-hybridized carbons (Fsp3) is 0.125. The number of ether oxygens (including phenoxy) is 1. The second kappa shape index (κ2) is 6.69. The van der Waals surface area contributed by atoms with Crippen molar-refractivity contribution in [1.82, 2.24) is 15.0 Å². The van der Waals surface area contributed by atoms with Crippen molar-refractivity contribution in [2.75, 3.05) is 0 Å². The summed E-state index contributed by atoms with van der Waals surface area (Å²) in [5, 5.41) is 18.7. The van der Waals surface area contributed by atoms with Gasteiger partial charge in [-0.15, -0.1) is 5.10 Å². The highest BCUT2D eigenvalue weighted by atomic mass is 16.6. The molecule has 0 atom stereocenters. The molecule has 0 radical (unpaired) electrons. The highest BCUT2D eigenvalue weighted by Crippen LogP contribution is 2.13. The minimum absolute atomic E-state index is 0.0734. The Morgan fingerprint density at radius 2 is 1.83 bits per heavy atom. The van der Waals surface area contributed by atoms with Crippen LogP contribution in [0.25, 0.3) is 0 Å². The Hall–Kier alpha value is -3.22. The minimum atomic E-state index is -0.418. The molecule has 3 aromatic rings. The molecule has 0 saturated carbocycles. The van der Waals surface area contributed by atoms with Gasteiger partial charge in [-0.2, -0.15) is 0 Å². The molecule has 0 bridgehead atoms. The summed E-state index contributed by atoms with van der Waals surface area (Å²) in [7, 11) is 0. The van der Waals surface area contributed by atoms with Crippen molar-refractivity contribution in [3.05, 3.63) is 82.2 Å². The molecule has 1 heterocycles. The predicted molar refractivity (Wildman–Crippen MR) is 83.0 cm³/mol. The maximum absolute atomic E-state index is 10.6. The first-order chi connectivity index (χ1) is 11.2. The summed E-state index contributed by atoms with van der Waals surface area (Å²) >= 11 is 0. The molecule has 0 saturated heterocycles. The highest BCUT2D eigenvalue weighted by Gasteiger charge is 2.06. The zero-order valence-electron chi connectivity index (χ0n) is 12.2. The second-order valence-corrected chi connectivity index (χ2v) is 4.93. The van der Waals surface area contributed by atoms with Crippen LogP contribution in [0.15, 0.2) is 60.8 Å². The number of aromatic nitrogens is 3. The van der Waals surface area contributed by atoms with Crippen molar-refractivity contribution in [3.8, 4) is 5.75 Å². The third-order valence-electron chi connectivity index (χ3n) is 3.21. The molecule has 0 unspecified atom stereocenters. The normalized spacial score (nSPS) is 10.4. The van der Waals surface area contributed by atoms with E-state index in [-0.39, 0.29) is 5.69 Å². The maximum atomic E-state index is 10.6. The first-order valence-electron chi connectivity index (χ1n) is 7.01. The van der Waals surface area contributed by atoms with Crippen LogP contribution in [-0.4, -0.2) is 19.9 Å². The number of non-ortho nitro benzene ring substituents is 1. The third kappa shape index (κ3) is 3.91. The topological polar surface area (TPSA) is 83.1 Å². The van der Waals surface area contributed by atoms with Crippen LogP contribution in [0.5, 0.6) is 5.75 Å². The lowest BCUT2D eigenvalue weighted by Crippen LogP contribution is -2.00. The van der Waals surface area contributed by atoms with Crippen molar-refractivity contribution in [1.29, 1.82) is 0 Å². The number of nitrogens with zero attached hydrogens (tertiary/aromatic N) is 4. The Morgan fingerprint density at radius 3 is 2.52 bits per heavy atom. The van der Waals surface area contributed by atoms with Gasteiger partial charge in [0.25, 0.3) is 5.69 Å². The number of hydrogen-bond donors (Lipinski definition) is 0. The average molecular weight is 310 g/mol. The smallest absolute Gasteiger partial charge is 0.269 e. The van der Waals surface area contributed by atoms with Crippen LogP contribution in [-0.2, 0) is 13.2 Å². The van der Waals surface area contributed by atoms with Gasteiger partial charge < -0.3 is 4.74 Å². The minimum Gasteiger partial charge on any atom is -0.487 e. The third-order valence-corrected chi connectivity index (χ3v) is 3.21. The molecule has 0 spiro atoms. The Morgan fingerprint density at radius 1 is 1.09 bits per heavy atom. The number of hydrogen-bond acceptors (Lipinski definition) is 5. The van der Waals surface area contributed by atoms with Crippen molar-refractivity contribution < 1.29 is 9.66 Å². The van der Waals surface area contributed by atoms with Crippen LogP contribution in [0.4, 0.5) is 5.69 Å². The first-order valence-corrected chi connectivity index (χ1v) is 7.01. The summed E-state index contributed by atoms with van der Waals surface area (Å²) in [4.78, 5) is 10.2. The average Bonchev–Trinajstić information content (AvgIpc) is 3.02. The van der Waals surface area contributed by atoms with Gasteiger partial charge in [-0.3, -0.25) is 10.1 Å². The Bertz CT molecular complexity index is 785. The van der Waals surface area contributed by atoms with Gasteiger partial charge in [0.2, 0.25) is 0 Å². The maximum Gasteiger partial charge on any atom is 0.269 e. The zero-order chi connectivity index (χ0) is 16.1. The van der Waals surface area contributed by atoms with Gasteiger partial charge in [-0.05, 0) is 17.7 Å². The molecule has 0 amide bonds. The molecule has 7 heteroatoms. The molecule has 3 rings (SSSR count). The largest absolute Gasteiger partial charge is 0.487 e. The molecule has 0 N–H and O–H groups in total. The van der Waals surface area contributed by atoms with Crippen LogP contribution in [0.2, 0.25) is 0 Å². The number of nitro benzene ring substituents is 1. The van der Waals surface area contributed by atoms with Crippen LogP contribution in [0.3, 0.4) is 0 Å². The van der Waals surface area contributed by atoms with E-state index in [1.54, 1.807) is 23.0 Å². The summed E-state index contributed by atoms with van der Waals surface area (Å²) in [5.41, 5.74) is 1.70. The van der Waals surface area contributed by atoms with Gasteiger partial charge in [0.1, 0.15) is 18.1 Å². The monoisotopic (exact) mass is 310 g/mol. The van der Waals surface area contributed by atoms with E-state index in [9.17, 15) is 10.1 Å². The van der Waals surface area contributed by atoms with Gasteiger partial charge in [0, 0.05) is 12.1 Å². The number of nitro groups is 1. The zero-order valence-corrected chi connectivity index (χ0v) is 12.2. The molecule has 0 aliphatic carbocycles. The molecule has 2 aromatic carbocycles. The summed E-state index contributed by atoms with van der Waals surface area (Å²) in [6, 6.07) is 15.9. The second-order valence-electron chi connectivity index (χ2n) is 4.93. The van der Waals surface area contributed by atoms with Gasteiger partial charge >= 0.3 is 0 Å². The molecule has 0 aliphatic heterocycles. The number of rotatable bonds is 6. The fourth-order valence-corrected chi connectivity index (χ4v) is 2.07. The molecular weight excluding hydrogens is 296 g/mol. The van der Waals surface area contributed by atoms with Crippen LogP contribution in [0, 0.1) is 10.1 Å². The summed E-state index contributed by atoms with van der Waals surface area (Å²) in [6.07, 6.45) is 1.80. The summed E-state index contributed by atoms with van der Waals surface area (Å²) < 4.78 is 7.28. The SMILES string of the molecule is O=[N+]([O-])c1ccc(Cn2cc(COc3ccccc3)nn2)cc1. The molecule has 1 aromatic heterocycles. The van der Waals surface area contributed by atoms with E-state index in [4.69, 9.17) is 4.74 Å². The quantitative estimate of drug-likeness (QED) is 0.516. The van der Waals surface area contributed by atoms with Gasteiger partial charge in [0.15, 0.2) is 0 Å². The highest BCUT2D eigenvalue weighted by molar-refractivity contribution is 5.32. The standard InChI is InChI=1S/C16H14N4O3/c21-20(22)15-8-6-13(7-9-15)10-19-11-14(17-18-19)12-23-16-4-2-1-3-5-16/h1-9,11H,10,12H2. The molecular formula is C16H14N4O3. The molecule has 23 heavy (non-hydrogen) atoms. The lowest BCUT2D eigenvalue weighted by molar-refractivity contribution is -0.384. The van der Waals surface area contributed by atoms with E-state index in [2.05, 4.69) is 10.3 Å². The summed E-state index contributed by atoms with van der Waals surface area (Å²) in [5.74, 6) is 0.775. The fourth-order valence-electron chi connectivity index (χ4n) is 2.07. The van der Waals surface area contributed by atoms with Crippen molar-refractivity contribution in [3.63, 3.8) is 0 Å². The van der Waals surface area contributed by atoms with Gasteiger partial charge in [-0.1, -0.05) is 35.5 Å². The van der Waals surface area contributed by atoms with Crippen molar-refractivity contribution in [2.24, 2.45) is 0 Å². The van der Waals surface area contributed by atoms with Crippen LogP contribution < -0.4 is 4.74 Å². The van der Waals surface area contributed by atoms with Crippen LogP contribution in [0.1, 0.15) is 11.3 Å². The molecule has 116 valence electrons. The van der Waals surface area contributed by atoms with E-state index < -0.39 is 4.92 Å². The Balaban J connectivity index is 1.59. The molecule has 7 nitrogen and oxygen atoms in total. The number of benzene rings is 2. The molecule has 0 aliphatic rings.